The number of hydrogen-bond donors (Lipinski definition) is 1. The Balaban J connectivity index is 1.56. The second kappa shape index (κ2) is 8.82. The Morgan fingerprint density at radius 2 is 1.90 bits per heavy atom. The molecule has 3 aromatic rings. The van der Waals surface area contributed by atoms with Crippen molar-refractivity contribution in [3.05, 3.63) is 76.8 Å². The molecule has 0 unspecified atom stereocenters. The number of sulfonamides is 1. The van der Waals surface area contributed by atoms with E-state index in [0.29, 0.717) is 13.1 Å². The Morgan fingerprint density at radius 3 is 2.61 bits per heavy atom. The van der Waals surface area contributed by atoms with E-state index in [4.69, 9.17) is 11.6 Å². The van der Waals surface area contributed by atoms with E-state index in [1.54, 1.807) is 6.20 Å². The quantitative estimate of drug-likeness (QED) is 0.612. The first kappa shape index (κ1) is 21.5. The van der Waals surface area contributed by atoms with Gasteiger partial charge >= 0.3 is 0 Å². The van der Waals surface area contributed by atoms with Crippen LogP contribution in [0.5, 0.6) is 0 Å². The number of aryl methyl sites for hydroxylation is 1. The number of nitrogens with zero attached hydrogens (tertiary/aromatic N) is 3. The Kier molecular flexibility index (Phi) is 6.13. The standard InChI is InChI=1S/C22H23ClN4O3S/c1-16-24-10-13-27(16)21-7-3-2-6-17(21)15-25-22(28)19-14-18(8-9-20(19)23)31(29,30)26-11-4-5-12-26/h2-3,6-10,13-14H,4-5,11-12,15H2,1H3,(H,25,28). The lowest BCUT2D eigenvalue weighted by Gasteiger charge is -2.17. The van der Waals surface area contributed by atoms with E-state index in [1.165, 1.54) is 22.5 Å². The van der Waals surface area contributed by atoms with E-state index < -0.39 is 15.9 Å². The predicted molar refractivity (Wildman–Crippen MR) is 119 cm³/mol. The van der Waals surface area contributed by atoms with Gasteiger partial charge in [-0.15, -0.1) is 0 Å². The topological polar surface area (TPSA) is 84.3 Å². The molecule has 31 heavy (non-hydrogen) atoms. The molecule has 0 bridgehead atoms. The lowest BCUT2D eigenvalue weighted by molar-refractivity contribution is 0.0951. The van der Waals surface area contributed by atoms with Crippen molar-refractivity contribution in [1.82, 2.24) is 19.2 Å². The Hall–Kier alpha value is -2.68. The summed E-state index contributed by atoms with van der Waals surface area (Å²) >= 11 is 6.23. The molecule has 1 amide bonds. The first-order chi connectivity index (χ1) is 14.9. The largest absolute Gasteiger partial charge is 0.348 e. The van der Waals surface area contributed by atoms with Crippen LogP contribution in [0.2, 0.25) is 5.02 Å². The average molecular weight is 459 g/mol. The van der Waals surface area contributed by atoms with Crippen LogP contribution in [0.4, 0.5) is 0 Å². The summed E-state index contributed by atoms with van der Waals surface area (Å²) in [5, 5.41) is 3.07. The summed E-state index contributed by atoms with van der Waals surface area (Å²) in [7, 11) is -3.64. The number of para-hydroxylation sites is 1. The number of nitrogens with one attached hydrogen (secondary N) is 1. The molecule has 1 fully saturated rings. The molecule has 4 rings (SSSR count). The minimum atomic E-state index is -3.64. The maximum Gasteiger partial charge on any atom is 0.253 e. The summed E-state index contributed by atoms with van der Waals surface area (Å²) in [6.45, 7) is 3.15. The molecule has 2 aromatic carbocycles. The number of imidazole rings is 1. The van der Waals surface area contributed by atoms with Gasteiger partial charge in [0, 0.05) is 32.0 Å². The Bertz CT molecular complexity index is 1220. The first-order valence-corrected chi connectivity index (χ1v) is 11.9. The zero-order chi connectivity index (χ0) is 22.0. The second-order valence-corrected chi connectivity index (χ2v) is 9.75. The van der Waals surface area contributed by atoms with E-state index in [2.05, 4.69) is 10.3 Å². The predicted octanol–water partition coefficient (Wildman–Crippen LogP) is 3.55. The van der Waals surface area contributed by atoms with Crippen molar-refractivity contribution < 1.29 is 13.2 Å². The molecule has 7 nitrogen and oxygen atoms in total. The lowest BCUT2D eigenvalue weighted by atomic mass is 10.1. The molecule has 0 aliphatic carbocycles. The first-order valence-electron chi connectivity index (χ1n) is 10.0. The smallest absolute Gasteiger partial charge is 0.253 e. The van der Waals surface area contributed by atoms with Gasteiger partial charge in [-0.2, -0.15) is 4.31 Å². The Labute approximate surface area is 186 Å². The molecule has 162 valence electrons. The van der Waals surface area contributed by atoms with Crippen molar-refractivity contribution in [3.63, 3.8) is 0 Å². The van der Waals surface area contributed by atoms with Crippen LogP contribution in [-0.2, 0) is 16.6 Å². The highest BCUT2D eigenvalue weighted by molar-refractivity contribution is 7.89. The number of carbonyl (C=O) groups is 1. The number of amides is 1. The second-order valence-electron chi connectivity index (χ2n) is 7.41. The average Bonchev–Trinajstić information content (AvgIpc) is 3.45. The van der Waals surface area contributed by atoms with Gasteiger partial charge in [0.15, 0.2) is 0 Å². The van der Waals surface area contributed by atoms with E-state index in [0.717, 1.165) is 29.9 Å². The molecule has 0 radical (unpaired) electrons. The number of halogens is 1. The van der Waals surface area contributed by atoms with Crippen molar-refractivity contribution in [3.8, 4) is 5.69 Å². The number of carbonyl (C=O) groups excluding carboxylic acids is 1. The SMILES string of the molecule is Cc1nccn1-c1ccccc1CNC(=O)c1cc(S(=O)(=O)N2CCCC2)ccc1Cl. The fourth-order valence-corrected chi connectivity index (χ4v) is 5.46. The molecule has 1 aliphatic heterocycles. The fourth-order valence-electron chi connectivity index (χ4n) is 3.72. The van der Waals surface area contributed by atoms with Crippen LogP contribution in [-0.4, -0.2) is 41.3 Å². The van der Waals surface area contributed by atoms with Gasteiger partial charge in [0.1, 0.15) is 5.82 Å². The minimum absolute atomic E-state index is 0.0818. The zero-order valence-electron chi connectivity index (χ0n) is 17.1. The maximum atomic E-state index is 12.9. The van der Waals surface area contributed by atoms with Crippen LogP contribution >= 0.6 is 11.6 Å². The van der Waals surface area contributed by atoms with Gasteiger partial charge in [-0.05, 0) is 49.6 Å². The van der Waals surface area contributed by atoms with Gasteiger partial charge in [-0.3, -0.25) is 4.79 Å². The van der Waals surface area contributed by atoms with E-state index in [9.17, 15) is 13.2 Å². The zero-order valence-corrected chi connectivity index (χ0v) is 18.7. The van der Waals surface area contributed by atoms with Crippen molar-refractivity contribution in [2.45, 2.75) is 31.2 Å². The molecule has 1 aliphatic rings. The van der Waals surface area contributed by atoms with Gasteiger partial charge in [-0.1, -0.05) is 29.8 Å². The van der Waals surface area contributed by atoms with Gasteiger partial charge < -0.3 is 9.88 Å². The van der Waals surface area contributed by atoms with Crippen LogP contribution in [0, 0.1) is 6.92 Å². The summed E-state index contributed by atoms with van der Waals surface area (Å²) in [6, 6.07) is 12.0. The van der Waals surface area contributed by atoms with Crippen molar-refractivity contribution in [2.75, 3.05) is 13.1 Å². The van der Waals surface area contributed by atoms with Crippen molar-refractivity contribution >= 4 is 27.5 Å². The van der Waals surface area contributed by atoms with E-state index in [1.807, 2.05) is 42.0 Å². The third kappa shape index (κ3) is 4.37. The monoisotopic (exact) mass is 458 g/mol. The summed E-state index contributed by atoms with van der Waals surface area (Å²) < 4.78 is 29.1. The highest BCUT2D eigenvalue weighted by Crippen LogP contribution is 2.25. The molecular formula is C22H23ClN4O3S. The highest BCUT2D eigenvalue weighted by Gasteiger charge is 2.28. The summed E-state index contributed by atoms with van der Waals surface area (Å²) in [5.41, 5.74) is 1.95. The molecule has 1 aromatic heterocycles. The summed E-state index contributed by atoms with van der Waals surface area (Å²) in [5.74, 6) is 0.405. The minimum Gasteiger partial charge on any atom is -0.348 e. The normalized spacial score (nSPS) is 14.6. The number of hydrogen-bond acceptors (Lipinski definition) is 4. The van der Waals surface area contributed by atoms with Crippen LogP contribution in [0.3, 0.4) is 0 Å². The fraction of sp³-hybridized carbons (Fsp3) is 0.273. The summed E-state index contributed by atoms with van der Waals surface area (Å²) in [4.78, 5) is 17.2. The molecular weight excluding hydrogens is 436 g/mol. The Morgan fingerprint density at radius 1 is 1.16 bits per heavy atom. The third-order valence-electron chi connectivity index (χ3n) is 5.40. The number of benzene rings is 2. The number of rotatable bonds is 6. The summed E-state index contributed by atoms with van der Waals surface area (Å²) in [6.07, 6.45) is 5.27. The molecule has 9 heteroatoms. The van der Waals surface area contributed by atoms with Gasteiger partial charge in [-0.25, -0.2) is 13.4 Å². The van der Waals surface area contributed by atoms with Gasteiger partial charge in [0.2, 0.25) is 10.0 Å². The highest BCUT2D eigenvalue weighted by atomic mass is 35.5. The third-order valence-corrected chi connectivity index (χ3v) is 7.63. The molecule has 0 atom stereocenters. The maximum absolute atomic E-state index is 12.9. The molecule has 1 N–H and O–H groups in total. The van der Waals surface area contributed by atoms with E-state index in [-0.39, 0.29) is 22.0 Å². The van der Waals surface area contributed by atoms with Crippen LogP contribution < -0.4 is 5.32 Å². The van der Waals surface area contributed by atoms with Gasteiger partial charge in [0.05, 0.1) is 21.2 Å². The van der Waals surface area contributed by atoms with Crippen LogP contribution in [0.25, 0.3) is 5.69 Å². The van der Waals surface area contributed by atoms with Crippen LogP contribution in [0.1, 0.15) is 34.6 Å². The lowest BCUT2D eigenvalue weighted by Crippen LogP contribution is -2.28. The molecule has 0 saturated carbocycles. The van der Waals surface area contributed by atoms with Gasteiger partial charge in [0.25, 0.3) is 5.91 Å². The van der Waals surface area contributed by atoms with Crippen LogP contribution in [0.15, 0.2) is 59.8 Å². The van der Waals surface area contributed by atoms with Crippen molar-refractivity contribution in [1.29, 1.82) is 0 Å². The molecule has 2 heterocycles. The molecule has 0 spiro atoms. The molecule has 1 saturated heterocycles. The number of aromatic nitrogens is 2. The van der Waals surface area contributed by atoms with E-state index >= 15 is 0 Å². The van der Waals surface area contributed by atoms with Crippen molar-refractivity contribution in [2.24, 2.45) is 0 Å².